The first kappa shape index (κ1) is 15.8. The molecule has 110 valence electrons. The van der Waals surface area contributed by atoms with Crippen LogP contribution in [0.25, 0.3) is 0 Å². The van der Waals surface area contributed by atoms with E-state index in [1.54, 1.807) is 24.3 Å². The molecule has 0 aliphatic rings. The van der Waals surface area contributed by atoms with Crippen molar-refractivity contribution in [2.75, 3.05) is 0 Å². The van der Waals surface area contributed by atoms with Gasteiger partial charge in [-0.2, -0.15) is 0 Å². The van der Waals surface area contributed by atoms with E-state index in [-0.39, 0.29) is 6.61 Å². The van der Waals surface area contributed by atoms with Crippen molar-refractivity contribution in [2.45, 2.75) is 6.61 Å². The van der Waals surface area contributed by atoms with E-state index < -0.39 is 11.7 Å². The lowest BCUT2D eigenvalue weighted by Gasteiger charge is -2.10. The number of hydrogen-bond donors (Lipinski definition) is 2. The van der Waals surface area contributed by atoms with Crippen LogP contribution in [-0.4, -0.2) is 5.91 Å². The minimum absolute atomic E-state index is 0.181. The van der Waals surface area contributed by atoms with Crippen molar-refractivity contribution in [3.8, 4) is 5.75 Å². The Labute approximate surface area is 134 Å². The highest BCUT2D eigenvalue weighted by Gasteiger charge is 2.09. The minimum atomic E-state index is -0.401. The zero-order valence-electron chi connectivity index (χ0n) is 10.7. The molecule has 7 heteroatoms. The van der Waals surface area contributed by atoms with E-state index in [9.17, 15) is 9.18 Å². The van der Waals surface area contributed by atoms with Gasteiger partial charge in [-0.3, -0.25) is 10.2 Å². The molecule has 0 radical (unpaired) electrons. The summed E-state index contributed by atoms with van der Waals surface area (Å²) in [6.45, 7) is 0.181. The Morgan fingerprint density at radius 2 is 2.10 bits per heavy atom. The van der Waals surface area contributed by atoms with Crippen LogP contribution >= 0.6 is 27.5 Å². The summed E-state index contributed by atoms with van der Waals surface area (Å²) in [6.07, 6.45) is 0. The Kier molecular flexibility index (Phi) is 5.17. The molecule has 3 N–H and O–H groups in total. The van der Waals surface area contributed by atoms with E-state index in [4.69, 9.17) is 22.2 Å². The molecular formula is C14H11BrClFN2O2. The highest BCUT2D eigenvalue weighted by atomic mass is 79.9. The fraction of sp³-hybridized carbons (Fsp3) is 0.0714. The Morgan fingerprint density at radius 3 is 2.71 bits per heavy atom. The number of halogens is 3. The normalized spacial score (nSPS) is 10.3. The van der Waals surface area contributed by atoms with Crippen LogP contribution in [-0.2, 0) is 6.61 Å². The zero-order chi connectivity index (χ0) is 15.4. The number of hydrazine groups is 1. The number of nitrogens with two attached hydrogens (primary N) is 1. The second-order valence-electron chi connectivity index (χ2n) is 4.14. The van der Waals surface area contributed by atoms with Crippen molar-refractivity contribution in [3.63, 3.8) is 0 Å². The summed E-state index contributed by atoms with van der Waals surface area (Å²) in [5.74, 6) is 4.80. The number of rotatable bonds is 4. The van der Waals surface area contributed by atoms with Gasteiger partial charge in [-0.25, -0.2) is 10.2 Å². The van der Waals surface area contributed by atoms with Crippen LogP contribution < -0.4 is 16.0 Å². The van der Waals surface area contributed by atoms with E-state index in [2.05, 4.69) is 15.9 Å². The predicted molar refractivity (Wildman–Crippen MR) is 81.5 cm³/mol. The monoisotopic (exact) mass is 372 g/mol. The summed E-state index contributed by atoms with van der Waals surface area (Å²) in [6, 6.07) is 8.89. The average Bonchev–Trinajstić information content (AvgIpc) is 2.46. The van der Waals surface area contributed by atoms with Crippen LogP contribution in [0.5, 0.6) is 5.75 Å². The molecule has 0 bridgehead atoms. The molecule has 0 saturated carbocycles. The van der Waals surface area contributed by atoms with Crippen molar-refractivity contribution in [3.05, 3.63) is 62.8 Å². The molecule has 0 unspecified atom stereocenters. The second-order valence-corrected chi connectivity index (χ2v) is 5.40. The topological polar surface area (TPSA) is 64.3 Å². The van der Waals surface area contributed by atoms with Gasteiger partial charge in [-0.1, -0.05) is 17.7 Å². The van der Waals surface area contributed by atoms with E-state index in [1.165, 1.54) is 12.1 Å². The van der Waals surface area contributed by atoms with E-state index in [0.29, 0.717) is 26.4 Å². The SMILES string of the molecule is NNC(=O)c1ccc(OCc2ccc(F)cc2Cl)c(Br)c1. The maximum atomic E-state index is 12.9. The number of amides is 1. The second kappa shape index (κ2) is 6.89. The Hall–Kier alpha value is -1.63. The molecule has 0 aliphatic carbocycles. The van der Waals surface area contributed by atoms with E-state index >= 15 is 0 Å². The quantitative estimate of drug-likeness (QED) is 0.490. The number of nitrogens with one attached hydrogen (secondary N) is 1. The maximum Gasteiger partial charge on any atom is 0.265 e. The van der Waals surface area contributed by atoms with E-state index in [1.807, 2.05) is 5.43 Å². The number of benzene rings is 2. The van der Waals surface area contributed by atoms with Crippen LogP contribution in [0.3, 0.4) is 0 Å². The van der Waals surface area contributed by atoms with Crippen molar-refractivity contribution in [1.29, 1.82) is 0 Å². The van der Waals surface area contributed by atoms with Crippen molar-refractivity contribution < 1.29 is 13.9 Å². The highest BCUT2D eigenvalue weighted by Crippen LogP contribution is 2.28. The molecule has 0 atom stereocenters. The van der Waals surface area contributed by atoms with Crippen molar-refractivity contribution in [2.24, 2.45) is 5.84 Å². The molecule has 0 fully saturated rings. The van der Waals surface area contributed by atoms with Crippen molar-refractivity contribution in [1.82, 2.24) is 5.43 Å². The van der Waals surface area contributed by atoms with Gasteiger partial charge in [0.2, 0.25) is 0 Å². The molecule has 0 spiro atoms. The van der Waals surface area contributed by atoms with Crippen LogP contribution in [0.15, 0.2) is 40.9 Å². The Balaban J connectivity index is 2.11. The first-order chi connectivity index (χ1) is 10.0. The standard InChI is InChI=1S/C14H11BrClFN2O2/c15-11-5-8(14(20)19-18)2-4-13(11)21-7-9-1-3-10(17)6-12(9)16/h1-6H,7,18H2,(H,19,20). The van der Waals surface area contributed by atoms with Gasteiger partial charge in [0.25, 0.3) is 5.91 Å². The summed E-state index contributed by atoms with van der Waals surface area (Å²) >= 11 is 9.23. The lowest BCUT2D eigenvalue weighted by Crippen LogP contribution is -2.29. The molecular weight excluding hydrogens is 363 g/mol. The summed E-state index contributed by atoms with van der Waals surface area (Å²) in [4.78, 5) is 11.4. The fourth-order valence-corrected chi connectivity index (χ4v) is 2.35. The van der Waals surface area contributed by atoms with Gasteiger partial charge in [-0.15, -0.1) is 0 Å². The molecule has 2 rings (SSSR count). The predicted octanol–water partition coefficient (Wildman–Crippen LogP) is 3.42. The third kappa shape index (κ3) is 3.93. The molecule has 0 saturated heterocycles. The summed E-state index contributed by atoms with van der Waals surface area (Å²) in [5.41, 5.74) is 3.11. The summed E-state index contributed by atoms with van der Waals surface area (Å²) < 4.78 is 19.1. The first-order valence-corrected chi connectivity index (χ1v) is 7.05. The van der Waals surface area contributed by atoms with Crippen LogP contribution in [0, 0.1) is 5.82 Å². The lowest BCUT2D eigenvalue weighted by molar-refractivity contribution is 0.0953. The van der Waals surface area contributed by atoms with Gasteiger partial charge >= 0.3 is 0 Å². The molecule has 0 heterocycles. The molecule has 4 nitrogen and oxygen atoms in total. The Bertz CT molecular complexity index is 682. The van der Waals surface area contributed by atoms with Crippen LogP contribution in [0.4, 0.5) is 4.39 Å². The zero-order valence-corrected chi connectivity index (χ0v) is 13.0. The molecule has 21 heavy (non-hydrogen) atoms. The van der Waals surface area contributed by atoms with Crippen LogP contribution in [0.1, 0.15) is 15.9 Å². The number of ether oxygens (including phenoxy) is 1. The summed E-state index contributed by atoms with van der Waals surface area (Å²) in [7, 11) is 0. The average molecular weight is 374 g/mol. The van der Waals surface area contributed by atoms with Gasteiger partial charge in [0.15, 0.2) is 0 Å². The van der Waals surface area contributed by atoms with Crippen LogP contribution in [0.2, 0.25) is 5.02 Å². The van der Waals surface area contributed by atoms with E-state index in [0.717, 1.165) is 0 Å². The van der Waals surface area contributed by atoms with Gasteiger partial charge in [0.1, 0.15) is 18.2 Å². The number of carbonyl (C=O) groups excluding carboxylic acids is 1. The van der Waals surface area contributed by atoms with Crippen molar-refractivity contribution >= 4 is 33.4 Å². The number of hydrogen-bond acceptors (Lipinski definition) is 3. The molecule has 2 aromatic carbocycles. The minimum Gasteiger partial charge on any atom is -0.488 e. The molecule has 0 aliphatic heterocycles. The number of carbonyl (C=O) groups is 1. The van der Waals surface area contributed by atoms with Gasteiger partial charge in [0.05, 0.1) is 9.50 Å². The third-order valence-electron chi connectivity index (χ3n) is 2.72. The summed E-state index contributed by atoms with van der Waals surface area (Å²) in [5, 5.41) is 0.297. The maximum absolute atomic E-state index is 12.9. The fourth-order valence-electron chi connectivity index (χ4n) is 1.64. The lowest BCUT2D eigenvalue weighted by atomic mass is 10.2. The van der Waals surface area contributed by atoms with Gasteiger partial charge < -0.3 is 4.74 Å². The van der Waals surface area contributed by atoms with Gasteiger partial charge in [0, 0.05) is 11.1 Å². The Morgan fingerprint density at radius 1 is 1.33 bits per heavy atom. The smallest absolute Gasteiger partial charge is 0.265 e. The molecule has 0 aromatic heterocycles. The third-order valence-corrected chi connectivity index (χ3v) is 3.70. The molecule has 1 amide bonds. The largest absolute Gasteiger partial charge is 0.488 e. The molecule has 2 aromatic rings. The first-order valence-electron chi connectivity index (χ1n) is 5.88. The van der Waals surface area contributed by atoms with Gasteiger partial charge in [-0.05, 0) is 46.3 Å². The highest BCUT2D eigenvalue weighted by molar-refractivity contribution is 9.10. The number of nitrogen functional groups attached to an aromatic ring is 1.